The predicted octanol–water partition coefficient (Wildman–Crippen LogP) is 1.83. The van der Waals surface area contributed by atoms with Crippen LogP contribution in [0.25, 0.3) is 0 Å². The molecule has 6 heteroatoms. The number of nitrogens with one attached hydrogen (secondary N) is 2. The van der Waals surface area contributed by atoms with Gasteiger partial charge in [-0.05, 0) is 25.0 Å². The fourth-order valence-corrected chi connectivity index (χ4v) is 3.00. The fourth-order valence-electron chi connectivity index (χ4n) is 3.00. The Balaban J connectivity index is 1.60. The monoisotopic (exact) mass is 327 g/mol. The number of hydrogen-bond acceptors (Lipinski definition) is 3. The standard InChI is InChI=1S/C18H25N5O/c1-19-17(20-12-14-8-11-22-23(14)2)21-13-18(9-10-18)15-6-4-5-7-16(15)24-3/h4-8,11H,9-10,12-13H2,1-3H3,(H2,19,20,21). The molecule has 0 spiro atoms. The van der Waals surface area contributed by atoms with E-state index in [9.17, 15) is 0 Å². The highest BCUT2D eigenvalue weighted by Crippen LogP contribution is 2.50. The Morgan fingerprint density at radius 2 is 2.08 bits per heavy atom. The number of methoxy groups -OCH3 is 1. The average molecular weight is 327 g/mol. The Morgan fingerprint density at radius 3 is 2.71 bits per heavy atom. The van der Waals surface area contributed by atoms with Crippen LogP contribution in [0.3, 0.4) is 0 Å². The topological polar surface area (TPSA) is 63.5 Å². The molecule has 1 aliphatic rings. The molecule has 6 nitrogen and oxygen atoms in total. The molecule has 0 atom stereocenters. The van der Waals surface area contributed by atoms with Crippen LogP contribution < -0.4 is 15.4 Å². The van der Waals surface area contributed by atoms with Crippen molar-refractivity contribution in [3.05, 3.63) is 47.8 Å². The third kappa shape index (κ3) is 3.37. The van der Waals surface area contributed by atoms with E-state index in [1.165, 1.54) is 18.4 Å². The first kappa shape index (κ1) is 16.4. The molecule has 1 aliphatic carbocycles. The van der Waals surface area contributed by atoms with Crippen LogP contribution in [-0.4, -0.2) is 36.4 Å². The Bertz CT molecular complexity index is 718. The second kappa shape index (κ2) is 6.95. The maximum atomic E-state index is 5.53. The van der Waals surface area contributed by atoms with Gasteiger partial charge in [-0.2, -0.15) is 5.10 Å². The maximum absolute atomic E-state index is 5.53. The third-order valence-corrected chi connectivity index (χ3v) is 4.71. The first-order valence-corrected chi connectivity index (χ1v) is 8.23. The van der Waals surface area contributed by atoms with Gasteiger partial charge < -0.3 is 15.4 Å². The lowest BCUT2D eigenvalue weighted by atomic mass is 9.95. The molecule has 3 rings (SSSR count). The minimum Gasteiger partial charge on any atom is -0.496 e. The van der Waals surface area contributed by atoms with Gasteiger partial charge in [0.1, 0.15) is 5.75 Å². The number of hydrogen-bond donors (Lipinski definition) is 2. The molecular weight excluding hydrogens is 302 g/mol. The molecule has 0 bridgehead atoms. The van der Waals surface area contributed by atoms with Gasteiger partial charge in [0.2, 0.25) is 0 Å². The number of para-hydroxylation sites is 1. The molecule has 24 heavy (non-hydrogen) atoms. The summed E-state index contributed by atoms with van der Waals surface area (Å²) in [5.41, 5.74) is 2.54. The first-order chi connectivity index (χ1) is 11.7. The van der Waals surface area contributed by atoms with Crippen LogP contribution in [0.2, 0.25) is 0 Å². The minimum atomic E-state index is 0.150. The highest BCUT2D eigenvalue weighted by atomic mass is 16.5. The lowest BCUT2D eigenvalue weighted by Crippen LogP contribution is -2.41. The molecule has 0 radical (unpaired) electrons. The van der Waals surface area contributed by atoms with E-state index in [0.29, 0.717) is 6.54 Å². The summed E-state index contributed by atoms with van der Waals surface area (Å²) >= 11 is 0. The molecule has 1 aromatic carbocycles. The van der Waals surface area contributed by atoms with Crippen LogP contribution in [0.15, 0.2) is 41.5 Å². The Hall–Kier alpha value is -2.50. The fraction of sp³-hybridized carbons (Fsp3) is 0.444. The van der Waals surface area contributed by atoms with E-state index in [0.717, 1.165) is 23.9 Å². The van der Waals surface area contributed by atoms with Gasteiger partial charge in [0, 0.05) is 37.8 Å². The third-order valence-electron chi connectivity index (χ3n) is 4.71. The Kier molecular flexibility index (Phi) is 4.74. The largest absolute Gasteiger partial charge is 0.496 e. The summed E-state index contributed by atoms with van der Waals surface area (Å²) in [4.78, 5) is 4.32. The van der Waals surface area contributed by atoms with Crippen molar-refractivity contribution >= 4 is 5.96 Å². The van der Waals surface area contributed by atoms with E-state index < -0.39 is 0 Å². The highest BCUT2D eigenvalue weighted by Gasteiger charge is 2.46. The van der Waals surface area contributed by atoms with Crippen molar-refractivity contribution in [2.45, 2.75) is 24.8 Å². The number of guanidine groups is 1. The normalized spacial score (nSPS) is 15.9. The molecular formula is C18H25N5O. The maximum Gasteiger partial charge on any atom is 0.191 e. The van der Waals surface area contributed by atoms with Gasteiger partial charge in [-0.15, -0.1) is 0 Å². The number of benzene rings is 1. The van der Waals surface area contributed by atoms with Crippen LogP contribution in [0.1, 0.15) is 24.1 Å². The number of rotatable bonds is 6. The van der Waals surface area contributed by atoms with Gasteiger partial charge in [0.05, 0.1) is 19.3 Å². The van der Waals surface area contributed by atoms with Crippen molar-refractivity contribution in [1.29, 1.82) is 0 Å². The summed E-state index contributed by atoms with van der Waals surface area (Å²) in [7, 11) is 5.46. The summed E-state index contributed by atoms with van der Waals surface area (Å²) in [5.74, 6) is 1.77. The van der Waals surface area contributed by atoms with Crippen LogP contribution in [-0.2, 0) is 19.0 Å². The van der Waals surface area contributed by atoms with E-state index in [1.54, 1.807) is 20.4 Å². The average Bonchev–Trinajstić information content (AvgIpc) is 3.30. The molecule has 0 saturated heterocycles. The summed E-state index contributed by atoms with van der Waals surface area (Å²) in [6.45, 7) is 1.54. The van der Waals surface area contributed by atoms with E-state index in [1.807, 2.05) is 29.9 Å². The summed E-state index contributed by atoms with van der Waals surface area (Å²) < 4.78 is 7.39. The van der Waals surface area contributed by atoms with E-state index in [2.05, 4.69) is 32.9 Å². The number of aliphatic imine (C=N–C) groups is 1. The Labute approximate surface area is 142 Å². The van der Waals surface area contributed by atoms with Crippen molar-refractivity contribution in [1.82, 2.24) is 20.4 Å². The van der Waals surface area contributed by atoms with E-state index in [4.69, 9.17) is 4.74 Å². The van der Waals surface area contributed by atoms with Crippen molar-refractivity contribution in [3.8, 4) is 5.75 Å². The molecule has 128 valence electrons. The molecule has 0 aliphatic heterocycles. The SMILES string of the molecule is CN=C(NCc1ccnn1C)NCC1(c2ccccc2OC)CC1. The highest BCUT2D eigenvalue weighted by molar-refractivity contribution is 5.79. The number of aromatic nitrogens is 2. The lowest BCUT2D eigenvalue weighted by Gasteiger charge is -2.21. The van der Waals surface area contributed by atoms with Crippen LogP contribution in [0.5, 0.6) is 5.75 Å². The quantitative estimate of drug-likeness (QED) is 0.628. The Morgan fingerprint density at radius 1 is 1.29 bits per heavy atom. The molecule has 0 unspecified atom stereocenters. The molecule has 1 aromatic heterocycles. The molecule has 2 N–H and O–H groups in total. The van der Waals surface area contributed by atoms with Crippen molar-refractivity contribution in [2.24, 2.45) is 12.0 Å². The second-order valence-electron chi connectivity index (χ2n) is 6.21. The molecule has 1 heterocycles. The molecule has 1 fully saturated rings. The molecule has 2 aromatic rings. The lowest BCUT2D eigenvalue weighted by molar-refractivity contribution is 0.403. The number of nitrogens with zero attached hydrogens (tertiary/aromatic N) is 3. The van der Waals surface area contributed by atoms with Crippen molar-refractivity contribution in [2.75, 3.05) is 20.7 Å². The first-order valence-electron chi connectivity index (χ1n) is 8.23. The molecule has 0 amide bonds. The van der Waals surface area contributed by atoms with Crippen molar-refractivity contribution < 1.29 is 4.74 Å². The summed E-state index contributed by atoms with van der Waals surface area (Å²) in [6.07, 6.45) is 4.13. The minimum absolute atomic E-state index is 0.150. The predicted molar refractivity (Wildman–Crippen MR) is 95.3 cm³/mol. The van der Waals surface area contributed by atoms with Gasteiger partial charge in [-0.3, -0.25) is 9.67 Å². The van der Waals surface area contributed by atoms with Gasteiger partial charge in [-0.25, -0.2) is 0 Å². The smallest absolute Gasteiger partial charge is 0.191 e. The number of ether oxygens (including phenoxy) is 1. The zero-order valence-corrected chi connectivity index (χ0v) is 14.5. The van der Waals surface area contributed by atoms with E-state index in [-0.39, 0.29) is 5.41 Å². The zero-order valence-electron chi connectivity index (χ0n) is 14.5. The van der Waals surface area contributed by atoms with Gasteiger partial charge in [0.15, 0.2) is 5.96 Å². The summed E-state index contributed by atoms with van der Waals surface area (Å²) in [6, 6.07) is 10.3. The van der Waals surface area contributed by atoms with Crippen LogP contribution in [0, 0.1) is 0 Å². The second-order valence-corrected chi connectivity index (χ2v) is 6.21. The van der Waals surface area contributed by atoms with Gasteiger partial charge >= 0.3 is 0 Å². The van der Waals surface area contributed by atoms with Gasteiger partial charge in [-0.1, -0.05) is 18.2 Å². The summed E-state index contributed by atoms with van der Waals surface area (Å²) in [5, 5.41) is 11.0. The van der Waals surface area contributed by atoms with Crippen LogP contribution in [0.4, 0.5) is 0 Å². The van der Waals surface area contributed by atoms with Gasteiger partial charge in [0.25, 0.3) is 0 Å². The number of aryl methyl sites for hydroxylation is 1. The van der Waals surface area contributed by atoms with Crippen molar-refractivity contribution in [3.63, 3.8) is 0 Å². The van der Waals surface area contributed by atoms with Crippen LogP contribution >= 0.6 is 0 Å². The van der Waals surface area contributed by atoms with E-state index >= 15 is 0 Å². The molecule has 1 saturated carbocycles. The zero-order chi connectivity index (χ0) is 17.0.